The number of nitrogens with one attached hydrogen (secondary N) is 1. The molecule has 1 N–H and O–H groups in total. The second kappa shape index (κ2) is 9.74. The number of nitrogens with zero attached hydrogens (tertiary/aromatic N) is 1. The number of thioether (sulfide) groups is 1. The average molecular weight is 471 g/mol. The summed E-state index contributed by atoms with van der Waals surface area (Å²) in [7, 11) is 0. The normalized spacial score (nSPS) is 16.1. The SMILES string of the molecule is CC(=O)C1=C(C)NC(SCC(=O)c2ccc(Cl)c(Cl)c2)=C(C#N)C1c1cccc(C)c1. The van der Waals surface area contributed by atoms with E-state index in [2.05, 4.69) is 11.4 Å². The Morgan fingerprint density at radius 2 is 1.87 bits per heavy atom. The van der Waals surface area contributed by atoms with Crippen LogP contribution in [0.1, 0.15) is 41.3 Å². The number of Topliss-reactive ketones (excluding diaryl/α,β-unsaturated/α-hetero) is 2. The van der Waals surface area contributed by atoms with Crippen LogP contribution in [0.15, 0.2) is 64.3 Å². The van der Waals surface area contributed by atoms with Crippen molar-refractivity contribution < 1.29 is 9.59 Å². The summed E-state index contributed by atoms with van der Waals surface area (Å²) in [5.74, 6) is -0.609. The van der Waals surface area contributed by atoms with Gasteiger partial charge in [0.1, 0.15) is 0 Å². The molecule has 0 radical (unpaired) electrons. The topological polar surface area (TPSA) is 70.0 Å². The molecule has 158 valence electrons. The molecule has 0 amide bonds. The van der Waals surface area contributed by atoms with E-state index < -0.39 is 5.92 Å². The largest absolute Gasteiger partial charge is 0.353 e. The van der Waals surface area contributed by atoms with Crippen LogP contribution in [0.3, 0.4) is 0 Å². The Hall–Kier alpha value is -2.52. The molecule has 0 aliphatic carbocycles. The van der Waals surface area contributed by atoms with E-state index in [1.54, 1.807) is 12.1 Å². The molecule has 0 fully saturated rings. The predicted octanol–water partition coefficient (Wildman–Crippen LogP) is 6.20. The summed E-state index contributed by atoms with van der Waals surface area (Å²) in [4.78, 5) is 25.1. The molecule has 1 heterocycles. The number of halogens is 2. The second-order valence-corrected chi connectivity index (χ2v) is 9.06. The van der Waals surface area contributed by atoms with Gasteiger partial charge in [0.25, 0.3) is 0 Å². The van der Waals surface area contributed by atoms with Gasteiger partial charge < -0.3 is 5.32 Å². The first-order chi connectivity index (χ1) is 14.7. The Morgan fingerprint density at radius 3 is 2.48 bits per heavy atom. The third-order valence-electron chi connectivity index (χ3n) is 4.99. The van der Waals surface area contributed by atoms with Crippen molar-refractivity contribution in [3.63, 3.8) is 0 Å². The Kier molecular flexibility index (Phi) is 7.27. The highest BCUT2D eigenvalue weighted by Gasteiger charge is 2.33. The molecule has 2 aromatic rings. The predicted molar refractivity (Wildman–Crippen MR) is 126 cm³/mol. The van der Waals surface area contributed by atoms with E-state index in [-0.39, 0.29) is 17.3 Å². The highest BCUT2D eigenvalue weighted by atomic mass is 35.5. The first-order valence-electron chi connectivity index (χ1n) is 9.53. The number of hydrogen-bond acceptors (Lipinski definition) is 5. The van der Waals surface area contributed by atoms with Gasteiger partial charge in [-0.3, -0.25) is 9.59 Å². The average Bonchev–Trinajstić information content (AvgIpc) is 2.73. The number of carbonyl (C=O) groups is 2. The lowest BCUT2D eigenvalue weighted by Crippen LogP contribution is -2.27. The Morgan fingerprint density at radius 1 is 1.13 bits per heavy atom. The maximum atomic E-state index is 12.7. The van der Waals surface area contributed by atoms with Gasteiger partial charge in [-0.15, -0.1) is 0 Å². The zero-order valence-electron chi connectivity index (χ0n) is 17.3. The van der Waals surface area contributed by atoms with Crippen molar-refractivity contribution in [3.05, 3.63) is 91.1 Å². The lowest BCUT2D eigenvalue weighted by molar-refractivity contribution is -0.113. The van der Waals surface area contributed by atoms with E-state index in [4.69, 9.17) is 23.2 Å². The van der Waals surface area contributed by atoms with E-state index in [1.807, 2.05) is 38.1 Å². The van der Waals surface area contributed by atoms with Gasteiger partial charge in [-0.25, -0.2) is 0 Å². The van der Waals surface area contributed by atoms with Crippen LogP contribution in [-0.4, -0.2) is 17.3 Å². The van der Waals surface area contributed by atoms with Gasteiger partial charge in [-0.1, -0.05) is 64.8 Å². The van der Waals surface area contributed by atoms with Crippen molar-refractivity contribution in [1.82, 2.24) is 5.32 Å². The van der Waals surface area contributed by atoms with Gasteiger partial charge >= 0.3 is 0 Å². The number of hydrogen-bond donors (Lipinski definition) is 1. The van der Waals surface area contributed by atoms with E-state index in [9.17, 15) is 14.9 Å². The fourth-order valence-electron chi connectivity index (χ4n) is 3.57. The third kappa shape index (κ3) is 5.04. The van der Waals surface area contributed by atoms with Crippen LogP contribution < -0.4 is 5.32 Å². The van der Waals surface area contributed by atoms with Crippen LogP contribution in [0.25, 0.3) is 0 Å². The first kappa shape index (κ1) is 23.1. The molecule has 31 heavy (non-hydrogen) atoms. The zero-order valence-corrected chi connectivity index (χ0v) is 19.6. The zero-order chi connectivity index (χ0) is 22.7. The smallest absolute Gasteiger partial charge is 0.173 e. The van der Waals surface area contributed by atoms with Crippen LogP contribution in [-0.2, 0) is 4.79 Å². The standard InChI is InChI=1S/C24H20Cl2N2O2S/c1-13-5-4-6-17(9-13)23-18(11-27)24(28-14(2)22(23)15(3)29)31-12-21(30)16-7-8-19(25)20(26)10-16/h4-10,23,28H,12H2,1-3H3. The number of allylic oxidation sites excluding steroid dienone is 3. The van der Waals surface area contributed by atoms with Crippen molar-refractivity contribution in [3.8, 4) is 6.07 Å². The van der Waals surface area contributed by atoms with Gasteiger partial charge in [0, 0.05) is 16.8 Å². The number of aryl methyl sites for hydroxylation is 1. The molecule has 1 atom stereocenters. The summed E-state index contributed by atoms with van der Waals surface area (Å²) < 4.78 is 0. The first-order valence-corrected chi connectivity index (χ1v) is 11.3. The summed E-state index contributed by atoms with van der Waals surface area (Å²) in [6, 6.07) is 14.8. The van der Waals surface area contributed by atoms with Crippen LogP contribution in [0.2, 0.25) is 10.0 Å². The lowest BCUT2D eigenvalue weighted by atomic mass is 9.80. The minimum atomic E-state index is -0.480. The highest BCUT2D eigenvalue weighted by Crippen LogP contribution is 2.41. The van der Waals surface area contributed by atoms with E-state index in [0.717, 1.165) is 11.1 Å². The minimum Gasteiger partial charge on any atom is -0.353 e. The summed E-state index contributed by atoms with van der Waals surface area (Å²) in [6.07, 6.45) is 0. The monoisotopic (exact) mass is 470 g/mol. The molecular formula is C24H20Cl2N2O2S. The summed E-state index contributed by atoms with van der Waals surface area (Å²) in [6.45, 7) is 5.29. The quantitative estimate of drug-likeness (QED) is 0.508. The van der Waals surface area contributed by atoms with Crippen molar-refractivity contribution in [2.24, 2.45) is 0 Å². The molecule has 0 saturated heterocycles. The number of dihydropyridines is 1. The number of ketones is 2. The van der Waals surface area contributed by atoms with Crippen molar-refractivity contribution in [1.29, 1.82) is 5.26 Å². The maximum absolute atomic E-state index is 12.7. The second-order valence-electron chi connectivity index (χ2n) is 7.26. The minimum absolute atomic E-state index is 0.0970. The van der Waals surface area contributed by atoms with E-state index in [1.165, 1.54) is 24.8 Å². The molecule has 0 spiro atoms. The van der Waals surface area contributed by atoms with Gasteiger partial charge in [-0.2, -0.15) is 5.26 Å². The van der Waals surface area contributed by atoms with Crippen LogP contribution in [0.4, 0.5) is 0 Å². The number of rotatable bonds is 6. The fourth-order valence-corrected chi connectivity index (χ4v) is 4.85. The van der Waals surface area contributed by atoms with Crippen LogP contribution in [0.5, 0.6) is 0 Å². The molecule has 1 aliphatic rings. The van der Waals surface area contributed by atoms with Gasteiger partial charge in [0.05, 0.1) is 38.4 Å². The molecule has 0 saturated carbocycles. The van der Waals surface area contributed by atoms with Crippen LogP contribution >= 0.6 is 35.0 Å². The summed E-state index contributed by atoms with van der Waals surface area (Å²) in [5.41, 5.74) is 4.02. The number of nitriles is 1. The summed E-state index contributed by atoms with van der Waals surface area (Å²) >= 11 is 13.2. The van der Waals surface area contributed by atoms with Crippen molar-refractivity contribution in [2.45, 2.75) is 26.7 Å². The Labute approximate surface area is 195 Å². The highest BCUT2D eigenvalue weighted by molar-refractivity contribution is 8.03. The molecule has 0 aromatic heterocycles. The fraction of sp³-hybridized carbons (Fsp3) is 0.208. The van der Waals surface area contributed by atoms with Gasteiger partial charge in [0.15, 0.2) is 11.6 Å². The lowest BCUT2D eigenvalue weighted by Gasteiger charge is -2.29. The van der Waals surface area contributed by atoms with Crippen LogP contribution in [0, 0.1) is 18.3 Å². The van der Waals surface area contributed by atoms with Gasteiger partial charge in [-0.05, 0) is 44.5 Å². The van der Waals surface area contributed by atoms with Gasteiger partial charge in [0.2, 0.25) is 0 Å². The van der Waals surface area contributed by atoms with E-state index >= 15 is 0 Å². The third-order valence-corrected chi connectivity index (χ3v) is 6.75. The molecule has 3 rings (SSSR count). The van der Waals surface area contributed by atoms with Crippen molar-refractivity contribution >= 4 is 46.5 Å². The molecule has 2 aromatic carbocycles. The molecule has 4 nitrogen and oxygen atoms in total. The molecule has 7 heteroatoms. The summed E-state index contributed by atoms with van der Waals surface area (Å²) in [5, 5.41) is 14.4. The van der Waals surface area contributed by atoms with E-state index in [0.29, 0.717) is 37.5 Å². The molecule has 1 aliphatic heterocycles. The molecule has 0 bridgehead atoms. The number of benzene rings is 2. The molecule has 1 unspecified atom stereocenters. The maximum Gasteiger partial charge on any atom is 0.173 e. The number of carbonyl (C=O) groups excluding carboxylic acids is 2. The molecular weight excluding hydrogens is 451 g/mol. The van der Waals surface area contributed by atoms with Crippen molar-refractivity contribution in [2.75, 3.05) is 5.75 Å². The Bertz CT molecular complexity index is 1180. The Balaban J connectivity index is 1.95.